The molecule has 1 amide bonds. The number of hydrogen-bond acceptors (Lipinski definition) is 5. The molecule has 0 aliphatic rings. The van der Waals surface area contributed by atoms with E-state index in [1.54, 1.807) is 6.08 Å². The Hall–Kier alpha value is -1.92. The van der Waals surface area contributed by atoms with Crippen LogP contribution in [0.1, 0.15) is 386 Å². The second-order valence-electron chi connectivity index (χ2n) is 24.2. The quantitative estimate of drug-likeness (QED) is 0.0320. The minimum atomic E-state index is -0.843. The molecule has 0 heterocycles. The number of amides is 1. The molecule has 0 bridgehead atoms. The van der Waals surface area contributed by atoms with E-state index in [0.29, 0.717) is 19.4 Å². The van der Waals surface area contributed by atoms with Gasteiger partial charge in [0.1, 0.15) is 0 Å². The van der Waals surface area contributed by atoms with Crippen LogP contribution < -0.4 is 5.32 Å². The first-order valence-corrected chi connectivity index (χ1v) is 35.3. The predicted molar refractivity (Wildman–Crippen MR) is 343 cm³/mol. The molecule has 0 spiro atoms. The lowest BCUT2D eigenvalue weighted by Crippen LogP contribution is -2.45. The topological polar surface area (TPSA) is 95.9 Å². The Bertz CT molecular complexity index is 1260. The Morgan fingerprint density at radius 2 is 0.641 bits per heavy atom. The van der Waals surface area contributed by atoms with E-state index in [2.05, 4.69) is 43.5 Å². The number of hydrogen-bond donors (Lipinski definition) is 3. The monoisotopic (exact) mass is 1100 g/mol. The van der Waals surface area contributed by atoms with Crippen LogP contribution in [-0.4, -0.2) is 47.4 Å². The van der Waals surface area contributed by atoms with Gasteiger partial charge in [0.05, 0.1) is 25.4 Å². The van der Waals surface area contributed by atoms with Gasteiger partial charge in [-0.25, -0.2) is 0 Å². The fourth-order valence-corrected chi connectivity index (χ4v) is 11.0. The van der Waals surface area contributed by atoms with Gasteiger partial charge in [-0.1, -0.05) is 346 Å². The number of ether oxygens (including phenoxy) is 1. The third-order valence-corrected chi connectivity index (χ3v) is 16.4. The zero-order valence-corrected chi connectivity index (χ0v) is 52.7. The van der Waals surface area contributed by atoms with Crippen LogP contribution in [0.4, 0.5) is 0 Å². The number of rotatable bonds is 66. The minimum absolute atomic E-state index is 0.00405. The first kappa shape index (κ1) is 76.1. The van der Waals surface area contributed by atoms with Crippen molar-refractivity contribution in [2.75, 3.05) is 13.2 Å². The molecule has 460 valence electrons. The molecule has 0 fully saturated rings. The Morgan fingerprint density at radius 3 is 1.00 bits per heavy atom. The third-order valence-electron chi connectivity index (χ3n) is 16.4. The molecule has 0 aromatic rings. The van der Waals surface area contributed by atoms with E-state index in [0.717, 1.165) is 51.4 Å². The van der Waals surface area contributed by atoms with Crippen LogP contribution in [0.2, 0.25) is 0 Å². The Balaban J connectivity index is 3.38. The second kappa shape index (κ2) is 67.6. The van der Waals surface area contributed by atoms with Crippen molar-refractivity contribution in [1.82, 2.24) is 5.32 Å². The fraction of sp³-hybridized carbons (Fsp3) is 0.889. The summed E-state index contributed by atoms with van der Waals surface area (Å²) in [5.74, 6) is -0.0580. The van der Waals surface area contributed by atoms with E-state index in [-0.39, 0.29) is 18.5 Å². The van der Waals surface area contributed by atoms with Gasteiger partial charge in [-0.3, -0.25) is 9.59 Å². The molecular formula is C72H137NO5. The SMILES string of the molecule is CCCCC/C=C\C/C=C\CCCCCCCC(=O)OCCCCCCCCCCCCCCCCCCCCCCCCCCCCCC(=O)NC(CO)C(O)/C=C/CCCCCCCCCCCCCCCCCCC. The van der Waals surface area contributed by atoms with E-state index in [1.165, 1.54) is 308 Å². The zero-order valence-electron chi connectivity index (χ0n) is 52.7. The van der Waals surface area contributed by atoms with Crippen molar-refractivity contribution in [3.63, 3.8) is 0 Å². The van der Waals surface area contributed by atoms with Gasteiger partial charge in [0.25, 0.3) is 0 Å². The van der Waals surface area contributed by atoms with Gasteiger partial charge >= 0.3 is 5.97 Å². The maximum atomic E-state index is 12.5. The van der Waals surface area contributed by atoms with Crippen LogP contribution in [0.5, 0.6) is 0 Å². The summed E-state index contributed by atoms with van der Waals surface area (Å²) in [4.78, 5) is 24.6. The molecule has 0 aliphatic heterocycles. The number of esters is 1. The molecule has 3 N–H and O–H groups in total. The van der Waals surface area contributed by atoms with Crippen LogP contribution in [0.25, 0.3) is 0 Å². The molecule has 2 atom stereocenters. The van der Waals surface area contributed by atoms with Gasteiger partial charge in [-0.05, 0) is 64.2 Å². The third kappa shape index (κ3) is 63.3. The molecule has 0 rings (SSSR count). The zero-order chi connectivity index (χ0) is 56.4. The molecule has 2 unspecified atom stereocenters. The summed E-state index contributed by atoms with van der Waals surface area (Å²) < 4.78 is 5.49. The van der Waals surface area contributed by atoms with Crippen LogP contribution in [0.3, 0.4) is 0 Å². The molecule has 78 heavy (non-hydrogen) atoms. The van der Waals surface area contributed by atoms with Crippen LogP contribution in [-0.2, 0) is 14.3 Å². The molecule has 0 aromatic heterocycles. The van der Waals surface area contributed by atoms with Crippen molar-refractivity contribution < 1.29 is 24.5 Å². The molecule has 0 aliphatic carbocycles. The summed E-state index contributed by atoms with van der Waals surface area (Å²) in [6.07, 6.45) is 86.5. The van der Waals surface area contributed by atoms with Crippen LogP contribution in [0.15, 0.2) is 36.5 Å². The van der Waals surface area contributed by atoms with E-state index < -0.39 is 12.1 Å². The lowest BCUT2D eigenvalue weighted by atomic mass is 10.0. The fourth-order valence-electron chi connectivity index (χ4n) is 11.0. The smallest absolute Gasteiger partial charge is 0.305 e. The maximum Gasteiger partial charge on any atom is 0.305 e. The Kier molecular flexibility index (Phi) is 65.9. The number of nitrogens with one attached hydrogen (secondary N) is 1. The van der Waals surface area contributed by atoms with Crippen molar-refractivity contribution in [2.24, 2.45) is 0 Å². The first-order chi connectivity index (χ1) is 38.5. The highest BCUT2D eigenvalue weighted by molar-refractivity contribution is 5.76. The number of carbonyl (C=O) groups is 2. The van der Waals surface area contributed by atoms with Gasteiger partial charge in [-0.15, -0.1) is 0 Å². The van der Waals surface area contributed by atoms with Gasteiger partial charge < -0.3 is 20.3 Å². The summed E-state index contributed by atoms with van der Waals surface area (Å²) in [5, 5.41) is 23.2. The van der Waals surface area contributed by atoms with Crippen molar-refractivity contribution in [3.05, 3.63) is 36.5 Å². The normalized spacial score (nSPS) is 12.7. The molecule has 0 saturated carbocycles. The highest BCUT2D eigenvalue weighted by Gasteiger charge is 2.18. The van der Waals surface area contributed by atoms with Gasteiger partial charge in [0.2, 0.25) is 5.91 Å². The summed E-state index contributed by atoms with van der Waals surface area (Å²) in [5.41, 5.74) is 0. The molecule has 6 heteroatoms. The highest BCUT2D eigenvalue weighted by atomic mass is 16.5. The predicted octanol–water partition coefficient (Wildman–Crippen LogP) is 22.7. The Labute approximate surface area is 487 Å². The van der Waals surface area contributed by atoms with Gasteiger partial charge in [0, 0.05) is 12.8 Å². The van der Waals surface area contributed by atoms with Crippen molar-refractivity contribution in [2.45, 2.75) is 398 Å². The largest absolute Gasteiger partial charge is 0.466 e. The van der Waals surface area contributed by atoms with Gasteiger partial charge in [0.15, 0.2) is 0 Å². The molecular weight excluding hydrogens is 959 g/mol. The number of carbonyl (C=O) groups excluding carboxylic acids is 2. The van der Waals surface area contributed by atoms with Gasteiger partial charge in [-0.2, -0.15) is 0 Å². The molecule has 6 nitrogen and oxygen atoms in total. The number of unbranched alkanes of at least 4 members (excludes halogenated alkanes) is 51. The van der Waals surface area contributed by atoms with Crippen molar-refractivity contribution >= 4 is 11.9 Å². The number of allylic oxidation sites excluding steroid dienone is 5. The molecule has 0 aromatic carbocycles. The summed E-state index contributed by atoms with van der Waals surface area (Å²) in [6.45, 7) is 4.91. The number of aliphatic hydroxyl groups is 2. The first-order valence-electron chi connectivity index (χ1n) is 35.3. The van der Waals surface area contributed by atoms with E-state index in [4.69, 9.17) is 4.74 Å². The van der Waals surface area contributed by atoms with Crippen molar-refractivity contribution in [1.29, 1.82) is 0 Å². The van der Waals surface area contributed by atoms with Crippen LogP contribution in [0, 0.1) is 0 Å². The minimum Gasteiger partial charge on any atom is -0.466 e. The van der Waals surface area contributed by atoms with Crippen molar-refractivity contribution in [3.8, 4) is 0 Å². The van der Waals surface area contributed by atoms with E-state index in [9.17, 15) is 19.8 Å². The van der Waals surface area contributed by atoms with E-state index >= 15 is 0 Å². The average Bonchev–Trinajstić information content (AvgIpc) is 3.44. The molecule has 0 saturated heterocycles. The lowest BCUT2D eigenvalue weighted by Gasteiger charge is -2.20. The second-order valence-corrected chi connectivity index (χ2v) is 24.2. The summed E-state index contributed by atoms with van der Waals surface area (Å²) in [6, 6.07) is -0.627. The Morgan fingerprint density at radius 1 is 0.359 bits per heavy atom. The van der Waals surface area contributed by atoms with E-state index in [1.807, 2.05) is 6.08 Å². The maximum absolute atomic E-state index is 12.5. The summed E-state index contributed by atoms with van der Waals surface area (Å²) >= 11 is 0. The lowest BCUT2D eigenvalue weighted by molar-refractivity contribution is -0.143. The number of aliphatic hydroxyl groups excluding tert-OH is 2. The average molecular weight is 1100 g/mol. The highest BCUT2D eigenvalue weighted by Crippen LogP contribution is 2.19. The van der Waals surface area contributed by atoms with Crippen LogP contribution >= 0.6 is 0 Å². The molecule has 0 radical (unpaired) electrons. The summed E-state index contributed by atoms with van der Waals surface area (Å²) in [7, 11) is 0. The standard InChI is InChI=1S/C72H137NO5/c1-3-5-7-9-11-13-15-17-19-20-30-33-37-40-44-48-52-56-60-64-70(75)69(68-74)73-71(76)65-61-57-53-49-45-41-38-34-31-28-26-24-22-21-23-25-27-29-32-35-39-43-47-51-55-59-63-67-78-72(77)66-62-58-54-50-46-42-36-18-16-14-12-10-8-6-4-2/h12,14,18,36,60,64,69-70,74-75H,3-11,13,15-17,19-35,37-59,61-63,65-68H2,1-2H3,(H,73,76)/b14-12-,36-18-,64-60+.